The molecule has 2 saturated heterocycles. The number of benzene rings is 2. The van der Waals surface area contributed by atoms with Gasteiger partial charge in [-0.05, 0) is 55.7 Å². The van der Waals surface area contributed by atoms with Gasteiger partial charge in [0.05, 0.1) is 11.9 Å². The molecule has 0 amide bonds. The van der Waals surface area contributed by atoms with Crippen LogP contribution in [0.3, 0.4) is 0 Å². The molecule has 0 bridgehead atoms. The zero-order chi connectivity index (χ0) is 22.5. The van der Waals surface area contributed by atoms with Crippen molar-refractivity contribution < 1.29 is 4.39 Å². The molecule has 4 rings (SSSR count). The average molecular weight is 455 g/mol. The van der Waals surface area contributed by atoms with Gasteiger partial charge in [-0.2, -0.15) is 5.10 Å². The monoisotopic (exact) mass is 454 g/mol. The van der Waals surface area contributed by atoms with Crippen molar-refractivity contribution in [3.63, 3.8) is 0 Å². The van der Waals surface area contributed by atoms with Crippen molar-refractivity contribution in [1.29, 1.82) is 0 Å². The Morgan fingerprint density at radius 1 is 1.12 bits per heavy atom. The van der Waals surface area contributed by atoms with Crippen LogP contribution >= 0.6 is 12.2 Å². The topological polar surface area (TPSA) is 60.1 Å². The summed E-state index contributed by atoms with van der Waals surface area (Å²) in [7, 11) is 2.12. The molecule has 0 radical (unpaired) electrons. The number of anilines is 2. The number of halogens is 1. The first-order valence-electron chi connectivity index (χ1n) is 11.1. The third-order valence-electron chi connectivity index (χ3n) is 6.31. The summed E-state index contributed by atoms with van der Waals surface area (Å²) in [6.07, 6.45) is 3.70. The normalized spacial score (nSPS) is 19.6. The van der Waals surface area contributed by atoms with Crippen molar-refractivity contribution in [2.24, 2.45) is 16.8 Å². The molecule has 2 aromatic rings. The van der Waals surface area contributed by atoms with Crippen LogP contribution in [0.25, 0.3) is 0 Å². The lowest BCUT2D eigenvalue weighted by molar-refractivity contribution is 0.313. The fourth-order valence-electron chi connectivity index (χ4n) is 4.56. The third kappa shape index (κ3) is 5.55. The lowest BCUT2D eigenvalue weighted by Crippen LogP contribution is -2.45. The summed E-state index contributed by atoms with van der Waals surface area (Å²) < 4.78 is 15.3. The fourth-order valence-corrected chi connectivity index (χ4v) is 4.62. The molecule has 8 heteroatoms. The Hall–Kier alpha value is -2.71. The van der Waals surface area contributed by atoms with Crippen molar-refractivity contribution in [2.75, 3.05) is 56.1 Å². The Morgan fingerprint density at radius 3 is 2.59 bits per heavy atom. The van der Waals surface area contributed by atoms with Gasteiger partial charge in [0.1, 0.15) is 5.82 Å². The highest BCUT2D eigenvalue weighted by atomic mass is 32.1. The summed E-state index contributed by atoms with van der Waals surface area (Å²) in [5.41, 5.74) is 11.8. The fraction of sp³-hybridized carbons (Fsp3) is 0.417. The van der Waals surface area contributed by atoms with Gasteiger partial charge < -0.3 is 20.4 Å². The number of hydrazone groups is 1. The SMILES string of the molecule is CN1CCN(c2cc(N3CCC(Cc4ccccc4)C3)c(F)cc2/C=N/NC(N)=S)CC1. The Labute approximate surface area is 194 Å². The highest BCUT2D eigenvalue weighted by Gasteiger charge is 2.27. The molecule has 1 unspecified atom stereocenters. The Kier molecular flexibility index (Phi) is 7.22. The third-order valence-corrected chi connectivity index (χ3v) is 6.40. The van der Waals surface area contributed by atoms with Crippen LogP contribution in [-0.2, 0) is 6.42 Å². The number of likely N-dealkylation sites (N-methyl/N-ethyl adjacent to an activating group) is 1. The number of hydrogen-bond acceptors (Lipinski definition) is 5. The molecule has 6 nitrogen and oxygen atoms in total. The van der Waals surface area contributed by atoms with E-state index >= 15 is 4.39 Å². The minimum absolute atomic E-state index is 0.0843. The second kappa shape index (κ2) is 10.3. The maximum absolute atomic E-state index is 15.3. The molecule has 2 aromatic carbocycles. The first-order chi connectivity index (χ1) is 15.5. The molecule has 0 spiro atoms. The van der Waals surface area contributed by atoms with Crippen LogP contribution in [0.4, 0.5) is 15.8 Å². The van der Waals surface area contributed by atoms with E-state index in [2.05, 4.69) is 56.5 Å². The van der Waals surface area contributed by atoms with E-state index in [1.165, 1.54) is 5.56 Å². The van der Waals surface area contributed by atoms with E-state index in [0.717, 1.165) is 63.4 Å². The number of nitrogens with two attached hydrogens (primary N) is 1. The minimum atomic E-state index is -0.222. The van der Waals surface area contributed by atoms with E-state index in [1.807, 2.05) is 12.1 Å². The number of piperazine rings is 1. The van der Waals surface area contributed by atoms with E-state index in [0.29, 0.717) is 11.6 Å². The number of nitrogens with one attached hydrogen (secondary N) is 1. The largest absolute Gasteiger partial charge is 0.375 e. The van der Waals surface area contributed by atoms with Gasteiger partial charge in [-0.25, -0.2) is 4.39 Å². The minimum Gasteiger partial charge on any atom is -0.375 e. The zero-order valence-corrected chi connectivity index (χ0v) is 19.3. The summed E-state index contributed by atoms with van der Waals surface area (Å²) in [4.78, 5) is 6.80. The van der Waals surface area contributed by atoms with E-state index in [1.54, 1.807) is 12.3 Å². The number of hydrogen-bond donors (Lipinski definition) is 2. The van der Waals surface area contributed by atoms with Crippen LogP contribution in [-0.4, -0.2) is 62.5 Å². The van der Waals surface area contributed by atoms with E-state index in [-0.39, 0.29) is 10.9 Å². The Morgan fingerprint density at radius 2 is 1.88 bits per heavy atom. The molecule has 0 saturated carbocycles. The standard InChI is InChI=1S/C24H31FN6S/c1-29-9-11-30(12-10-29)22-15-23(21(25)14-20(22)16-27-28-24(26)32)31-8-7-19(17-31)13-18-5-3-2-4-6-18/h2-6,14-16,19H,7-13,17H2,1H3,(H3,26,28,32)/b27-16+. The van der Waals surface area contributed by atoms with Crippen LogP contribution in [0.15, 0.2) is 47.6 Å². The molecule has 3 N–H and O–H groups in total. The van der Waals surface area contributed by atoms with Gasteiger partial charge >= 0.3 is 0 Å². The van der Waals surface area contributed by atoms with Gasteiger partial charge in [0, 0.05) is 50.5 Å². The van der Waals surface area contributed by atoms with Crippen molar-refractivity contribution in [1.82, 2.24) is 10.3 Å². The highest BCUT2D eigenvalue weighted by Crippen LogP contribution is 2.33. The van der Waals surface area contributed by atoms with Crippen LogP contribution in [0.2, 0.25) is 0 Å². The van der Waals surface area contributed by atoms with Crippen LogP contribution < -0.4 is 21.0 Å². The van der Waals surface area contributed by atoms with Crippen molar-refractivity contribution >= 4 is 34.9 Å². The van der Waals surface area contributed by atoms with Crippen molar-refractivity contribution in [2.45, 2.75) is 12.8 Å². The summed E-state index contributed by atoms with van der Waals surface area (Å²) in [6.45, 7) is 5.45. The van der Waals surface area contributed by atoms with Crippen LogP contribution in [0.1, 0.15) is 17.5 Å². The van der Waals surface area contributed by atoms with Crippen LogP contribution in [0.5, 0.6) is 0 Å². The molecule has 170 valence electrons. The smallest absolute Gasteiger partial charge is 0.184 e. The van der Waals surface area contributed by atoms with Gasteiger partial charge in [0.25, 0.3) is 0 Å². The van der Waals surface area contributed by atoms with Gasteiger partial charge in [0.15, 0.2) is 5.11 Å². The first kappa shape index (κ1) is 22.5. The highest BCUT2D eigenvalue weighted by molar-refractivity contribution is 7.80. The van der Waals surface area contributed by atoms with Gasteiger partial charge in [-0.15, -0.1) is 0 Å². The molecular formula is C24H31FN6S. The molecule has 2 heterocycles. The molecule has 32 heavy (non-hydrogen) atoms. The summed E-state index contributed by atoms with van der Waals surface area (Å²) in [5.74, 6) is 0.305. The number of rotatable bonds is 6. The summed E-state index contributed by atoms with van der Waals surface area (Å²) in [6, 6.07) is 14.1. The average Bonchev–Trinajstić information content (AvgIpc) is 3.23. The quantitative estimate of drug-likeness (QED) is 0.398. The van der Waals surface area contributed by atoms with E-state index < -0.39 is 0 Å². The maximum Gasteiger partial charge on any atom is 0.184 e. The van der Waals surface area contributed by atoms with Crippen molar-refractivity contribution in [3.8, 4) is 0 Å². The van der Waals surface area contributed by atoms with Gasteiger partial charge in [0.2, 0.25) is 0 Å². The molecule has 2 aliphatic rings. The molecule has 1 atom stereocenters. The summed E-state index contributed by atoms with van der Waals surface area (Å²) in [5, 5.41) is 4.16. The van der Waals surface area contributed by atoms with E-state index in [9.17, 15) is 0 Å². The van der Waals surface area contributed by atoms with Gasteiger partial charge in [-0.3, -0.25) is 5.43 Å². The molecule has 2 fully saturated rings. The molecule has 0 aromatic heterocycles. The molecule has 0 aliphatic carbocycles. The Bertz CT molecular complexity index is 958. The second-order valence-electron chi connectivity index (χ2n) is 8.68. The molecule has 2 aliphatic heterocycles. The second-order valence-corrected chi connectivity index (χ2v) is 9.12. The first-order valence-corrected chi connectivity index (χ1v) is 11.5. The van der Waals surface area contributed by atoms with Gasteiger partial charge in [-0.1, -0.05) is 30.3 Å². The number of nitrogens with zero attached hydrogens (tertiary/aromatic N) is 4. The predicted octanol–water partition coefficient (Wildman–Crippen LogP) is 2.81. The zero-order valence-electron chi connectivity index (χ0n) is 18.5. The van der Waals surface area contributed by atoms with E-state index in [4.69, 9.17) is 18.0 Å². The maximum atomic E-state index is 15.3. The van der Waals surface area contributed by atoms with Crippen LogP contribution in [0, 0.1) is 11.7 Å². The predicted molar refractivity (Wildman–Crippen MR) is 134 cm³/mol. The number of thiocarbonyl (C=S) groups is 1. The molecular weight excluding hydrogens is 423 g/mol. The summed E-state index contributed by atoms with van der Waals surface area (Å²) >= 11 is 4.82. The Balaban J connectivity index is 1.56. The van der Waals surface area contributed by atoms with Crippen molar-refractivity contribution in [3.05, 3.63) is 59.4 Å². The lowest BCUT2D eigenvalue weighted by Gasteiger charge is -2.35. The lowest BCUT2D eigenvalue weighted by atomic mass is 9.99.